The Balaban J connectivity index is 0.000000461. The third-order valence-electron chi connectivity index (χ3n) is 2.38. The SMILES string of the molecule is CC.CNc1ccc2c(c1)CCNC2. The highest BCUT2D eigenvalue weighted by Gasteiger charge is 2.07. The molecule has 2 heteroatoms. The minimum absolute atomic E-state index is 1.03. The molecule has 1 heterocycles. The van der Waals surface area contributed by atoms with E-state index in [1.807, 2.05) is 20.9 Å². The normalized spacial score (nSPS) is 13.6. The van der Waals surface area contributed by atoms with Gasteiger partial charge in [-0.25, -0.2) is 0 Å². The molecule has 0 atom stereocenters. The Bertz CT molecular complexity index is 282. The third-order valence-corrected chi connectivity index (χ3v) is 2.38. The van der Waals surface area contributed by atoms with Crippen molar-refractivity contribution < 1.29 is 0 Å². The van der Waals surface area contributed by atoms with Crippen LogP contribution in [0.15, 0.2) is 18.2 Å². The molecule has 0 saturated carbocycles. The molecule has 2 N–H and O–H groups in total. The van der Waals surface area contributed by atoms with E-state index in [9.17, 15) is 0 Å². The number of benzene rings is 1. The molecule has 2 nitrogen and oxygen atoms in total. The van der Waals surface area contributed by atoms with Crippen LogP contribution < -0.4 is 10.6 Å². The minimum Gasteiger partial charge on any atom is -0.388 e. The molecule has 0 aromatic heterocycles. The minimum atomic E-state index is 1.03. The fourth-order valence-electron chi connectivity index (χ4n) is 1.63. The maximum atomic E-state index is 3.36. The lowest BCUT2D eigenvalue weighted by Crippen LogP contribution is -2.23. The van der Waals surface area contributed by atoms with Crippen LogP contribution in [-0.2, 0) is 13.0 Å². The predicted molar refractivity (Wildman–Crippen MR) is 62.7 cm³/mol. The fraction of sp³-hybridized carbons (Fsp3) is 0.500. The van der Waals surface area contributed by atoms with E-state index >= 15 is 0 Å². The summed E-state index contributed by atoms with van der Waals surface area (Å²) in [6.45, 7) is 6.14. The summed E-state index contributed by atoms with van der Waals surface area (Å²) < 4.78 is 0. The van der Waals surface area contributed by atoms with Crippen molar-refractivity contribution in [2.24, 2.45) is 0 Å². The molecule has 0 aliphatic carbocycles. The standard InChI is InChI=1S/C10H14N2.C2H6/c1-11-10-3-2-9-7-12-5-4-8(9)6-10;1-2/h2-3,6,11-12H,4-5,7H2,1H3;1-2H3. The zero-order valence-corrected chi connectivity index (χ0v) is 9.35. The molecule has 14 heavy (non-hydrogen) atoms. The van der Waals surface area contributed by atoms with Crippen LogP contribution in [0.1, 0.15) is 25.0 Å². The number of hydrogen-bond acceptors (Lipinski definition) is 2. The molecule has 1 aliphatic rings. The van der Waals surface area contributed by atoms with Gasteiger partial charge in [0.25, 0.3) is 0 Å². The highest BCUT2D eigenvalue weighted by Crippen LogP contribution is 2.18. The topological polar surface area (TPSA) is 24.1 Å². The van der Waals surface area contributed by atoms with Gasteiger partial charge in [-0.3, -0.25) is 0 Å². The van der Waals surface area contributed by atoms with Gasteiger partial charge < -0.3 is 10.6 Å². The van der Waals surface area contributed by atoms with Crippen molar-refractivity contribution in [2.75, 3.05) is 18.9 Å². The second kappa shape index (κ2) is 5.66. The van der Waals surface area contributed by atoms with E-state index in [1.165, 1.54) is 16.8 Å². The number of anilines is 1. The van der Waals surface area contributed by atoms with Crippen molar-refractivity contribution in [3.8, 4) is 0 Å². The van der Waals surface area contributed by atoms with Gasteiger partial charge in [-0.15, -0.1) is 0 Å². The molecule has 0 fully saturated rings. The number of hydrogen-bond donors (Lipinski definition) is 2. The smallest absolute Gasteiger partial charge is 0.0340 e. The summed E-state index contributed by atoms with van der Waals surface area (Å²) >= 11 is 0. The molecule has 78 valence electrons. The van der Waals surface area contributed by atoms with Crippen LogP contribution in [0.4, 0.5) is 5.69 Å². The average Bonchev–Trinajstić information content (AvgIpc) is 2.31. The van der Waals surface area contributed by atoms with Crippen LogP contribution in [0.2, 0.25) is 0 Å². The molecule has 1 aromatic rings. The molecule has 0 saturated heterocycles. The van der Waals surface area contributed by atoms with E-state index < -0.39 is 0 Å². The molecule has 1 aromatic carbocycles. The van der Waals surface area contributed by atoms with Crippen LogP contribution in [0.3, 0.4) is 0 Å². The van der Waals surface area contributed by atoms with Crippen molar-refractivity contribution in [1.82, 2.24) is 5.32 Å². The van der Waals surface area contributed by atoms with Crippen LogP contribution in [-0.4, -0.2) is 13.6 Å². The van der Waals surface area contributed by atoms with E-state index in [0.717, 1.165) is 19.5 Å². The van der Waals surface area contributed by atoms with Gasteiger partial charge in [0, 0.05) is 19.3 Å². The lowest BCUT2D eigenvalue weighted by Gasteiger charge is -2.17. The van der Waals surface area contributed by atoms with Gasteiger partial charge in [0.1, 0.15) is 0 Å². The van der Waals surface area contributed by atoms with Gasteiger partial charge in [0.05, 0.1) is 0 Å². The predicted octanol–water partition coefficient (Wildman–Crippen LogP) is 2.40. The van der Waals surface area contributed by atoms with Crippen LogP contribution in [0.5, 0.6) is 0 Å². The Morgan fingerprint density at radius 1 is 1.21 bits per heavy atom. The lowest BCUT2D eigenvalue weighted by molar-refractivity contribution is 0.644. The first-order valence-electron chi connectivity index (χ1n) is 5.40. The second-order valence-electron chi connectivity index (χ2n) is 3.16. The van der Waals surface area contributed by atoms with Crippen LogP contribution in [0.25, 0.3) is 0 Å². The fourth-order valence-corrected chi connectivity index (χ4v) is 1.63. The highest BCUT2D eigenvalue weighted by atomic mass is 14.9. The van der Waals surface area contributed by atoms with Gasteiger partial charge in [-0.2, -0.15) is 0 Å². The average molecular weight is 192 g/mol. The maximum Gasteiger partial charge on any atom is 0.0340 e. The monoisotopic (exact) mass is 192 g/mol. The Morgan fingerprint density at radius 3 is 2.71 bits per heavy atom. The summed E-state index contributed by atoms with van der Waals surface area (Å²) in [5.41, 5.74) is 4.15. The molecule has 0 spiro atoms. The number of rotatable bonds is 1. The van der Waals surface area contributed by atoms with Crippen molar-refractivity contribution >= 4 is 5.69 Å². The highest BCUT2D eigenvalue weighted by molar-refractivity contribution is 5.48. The Morgan fingerprint density at radius 2 is 2.00 bits per heavy atom. The number of fused-ring (bicyclic) bond motifs is 1. The Hall–Kier alpha value is -1.02. The Kier molecular flexibility index (Phi) is 4.47. The van der Waals surface area contributed by atoms with E-state index in [4.69, 9.17) is 0 Å². The van der Waals surface area contributed by atoms with E-state index in [2.05, 4.69) is 28.8 Å². The molecule has 1 aliphatic heterocycles. The third kappa shape index (κ3) is 2.48. The summed E-state index contributed by atoms with van der Waals surface area (Å²) in [7, 11) is 1.96. The van der Waals surface area contributed by atoms with Gasteiger partial charge in [-0.1, -0.05) is 19.9 Å². The van der Waals surface area contributed by atoms with Crippen molar-refractivity contribution in [1.29, 1.82) is 0 Å². The van der Waals surface area contributed by atoms with Gasteiger partial charge >= 0.3 is 0 Å². The summed E-state index contributed by atoms with van der Waals surface area (Å²) in [4.78, 5) is 0. The van der Waals surface area contributed by atoms with Crippen molar-refractivity contribution in [2.45, 2.75) is 26.8 Å². The van der Waals surface area contributed by atoms with E-state index in [-0.39, 0.29) is 0 Å². The van der Waals surface area contributed by atoms with Gasteiger partial charge in [0.15, 0.2) is 0 Å². The molecule has 0 unspecified atom stereocenters. The molecular weight excluding hydrogens is 172 g/mol. The van der Waals surface area contributed by atoms with E-state index in [0.29, 0.717) is 0 Å². The number of nitrogens with one attached hydrogen (secondary N) is 2. The first kappa shape index (κ1) is 11.1. The zero-order valence-electron chi connectivity index (χ0n) is 9.35. The van der Waals surface area contributed by atoms with Gasteiger partial charge in [-0.05, 0) is 36.2 Å². The van der Waals surface area contributed by atoms with Crippen LogP contribution in [0, 0.1) is 0 Å². The lowest BCUT2D eigenvalue weighted by atomic mass is 10.0. The summed E-state index contributed by atoms with van der Waals surface area (Å²) in [5, 5.41) is 6.51. The summed E-state index contributed by atoms with van der Waals surface area (Å²) in [6.07, 6.45) is 1.16. The van der Waals surface area contributed by atoms with Crippen molar-refractivity contribution in [3.63, 3.8) is 0 Å². The largest absolute Gasteiger partial charge is 0.388 e. The first-order valence-corrected chi connectivity index (χ1v) is 5.40. The first-order chi connectivity index (χ1) is 6.90. The summed E-state index contributed by atoms with van der Waals surface area (Å²) in [5.74, 6) is 0. The zero-order chi connectivity index (χ0) is 10.4. The molecule has 0 amide bonds. The molecular formula is C12H20N2. The van der Waals surface area contributed by atoms with Crippen LogP contribution >= 0.6 is 0 Å². The maximum absolute atomic E-state index is 3.36. The quantitative estimate of drug-likeness (QED) is 0.714. The Labute approximate surface area is 86.7 Å². The molecule has 2 rings (SSSR count). The second-order valence-corrected chi connectivity index (χ2v) is 3.16. The molecule has 0 radical (unpaired) electrons. The van der Waals surface area contributed by atoms with Gasteiger partial charge in [0.2, 0.25) is 0 Å². The summed E-state index contributed by atoms with van der Waals surface area (Å²) in [6, 6.07) is 6.58. The van der Waals surface area contributed by atoms with E-state index in [1.54, 1.807) is 0 Å². The van der Waals surface area contributed by atoms with Crippen molar-refractivity contribution in [3.05, 3.63) is 29.3 Å². The molecule has 0 bridgehead atoms.